The highest BCUT2D eigenvalue weighted by Gasteiger charge is 2.19. The summed E-state index contributed by atoms with van der Waals surface area (Å²) in [4.78, 5) is 8.89. The molecular formula is C20H27N3O2. The van der Waals surface area contributed by atoms with Crippen molar-refractivity contribution in [3.8, 4) is 11.5 Å². The van der Waals surface area contributed by atoms with Crippen LogP contribution in [-0.2, 0) is 19.4 Å². The van der Waals surface area contributed by atoms with E-state index in [0.717, 1.165) is 43.1 Å². The number of aryl methyl sites for hydroxylation is 2. The average Bonchev–Trinajstić information content (AvgIpc) is 2.62. The van der Waals surface area contributed by atoms with Crippen molar-refractivity contribution in [3.05, 3.63) is 47.0 Å². The molecule has 0 fully saturated rings. The van der Waals surface area contributed by atoms with Gasteiger partial charge in [0.05, 0.1) is 13.2 Å². The zero-order chi connectivity index (χ0) is 17.6. The van der Waals surface area contributed by atoms with Crippen molar-refractivity contribution >= 4 is 0 Å². The third-order valence-corrected chi connectivity index (χ3v) is 4.47. The molecule has 0 saturated carbocycles. The molecular weight excluding hydrogens is 314 g/mol. The van der Waals surface area contributed by atoms with E-state index in [2.05, 4.69) is 27.4 Å². The molecule has 1 unspecified atom stereocenters. The Labute approximate surface area is 149 Å². The van der Waals surface area contributed by atoms with Gasteiger partial charge in [0.1, 0.15) is 5.82 Å². The number of hydrogen-bond donors (Lipinski definition) is 1. The Bertz CT molecular complexity index is 718. The van der Waals surface area contributed by atoms with Gasteiger partial charge >= 0.3 is 0 Å². The minimum atomic E-state index is 0.459. The predicted molar refractivity (Wildman–Crippen MR) is 98.2 cm³/mol. The number of fused-ring (bicyclic) bond motifs is 1. The molecule has 0 aliphatic heterocycles. The van der Waals surface area contributed by atoms with E-state index < -0.39 is 0 Å². The fourth-order valence-corrected chi connectivity index (χ4v) is 3.25. The van der Waals surface area contributed by atoms with Crippen LogP contribution in [0.5, 0.6) is 11.5 Å². The third-order valence-electron chi connectivity index (χ3n) is 4.47. The van der Waals surface area contributed by atoms with Crippen molar-refractivity contribution in [2.45, 2.75) is 52.6 Å². The highest BCUT2D eigenvalue weighted by Crippen LogP contribution is 2.28. The zero-order valence-electron chi connectivity index (χ0n) is 15.3. The molecule has 0 saturated heterocycles. The third kappa shape index (κ3) is 4.48. The number of nitrogens with one attached hydrogen (secondary N) is 1. The first kappa shape index (κ1) is 17.7. The van der Waals surface area contributed by atoms with E-state index in [1.54, 1.807) is 0 Å². The topological polar surface area (TPSA) is 56.3 Å². The van der Waals surface area contributed by atoms with Crippen molar-refractivity contribution in [2.24, 2.45) is 0 Å². The van der Waals surface area contributed by atoms with Crippen LogP contribution < -0.4 is 14.8 Å². The summed E-state index contributed by atoms with van der Waals surface area (Å²) in [6.07, 6.45) is 5.10. The van der Waals surface area contributed by atoms with Crippen LogP contribution in [0.2, 0.25) is 0 Å². The molecule has 5 nitrogen and oxygen atoms in total. The van der Waals surface area contributed by atoms with Gasteiger partial charge in [-0.1, -0.05) is 6.07 Å². The summed E-state index contributed by atoms with van der Waals surface area (Å²) in [7, 11) is 0. The molecule has 1 atom stereocenters. The molecule has 25 heavy (non-hydrogen) atoms. The fourth-order valence-electron chi connectivity index (χ4n) is 3.25. The van der Waals surface area contributed by atoms with Crippen LogP contribution in [0.25, 0.3) is 0 Å². The second-order valence-corrected chi connectivity index (χ2v) is 6.36. The average molecular weight is 341 g/mol. The van der Waals surface area contributed by atoms with Crippen molar-refractivity contribution < 1.29 is 9.47 Å². The largest absolute Gasteiger partial charge is 0.490 e. The summed E-state index contributed by atoms with van der Waals surface area (Å²) in [5.74, 6) is 2.50. The van der Waals surface area contributed by atoms with E-state index in [-0.39, 0.29) is 0 Å². The van der Waals surface area contributed by atoms with Gasteiger partial charge < -0.3 is 14.8 Å². The molecule has 1 aromatic heterocycles. The van der Waals surface area contributed by atoms with Crippen molar-refractivity contribution in [1.29, 1.82) is 0 Å². The molecule has 0 bridgehead atoms. The second kappa shape index (κ2) is 8.30. The Balaban J connectivity index is 1.62. The lowest BCUT2D eigenvalue weighted by molar-refractivity contribution is 0.287. The van der Waals surface area contributed by atoms with Gasteiger partial charge in [0.2, 0.25) is 0 Å². The van der Waals surface area contributed by atoms with Crippen LogP contribution >= 0.6 is 0 Å². The van der Waals surface area contributed by atoms with E-state index >= 15 is 0 Å². The first-order valence-electron chi connectivity index (χ1n) is 9.12. The molecule has 1 heterocycles. The van der Waals surface area contributed by atoms with Gasteiger partial charge in [-0.3, -0.25) is 0 Å². The summed E-state index contributed by atoms with van der Waals surface area (Å²) < 4.78 is 11.3. The molecule has 0 spiro atoms. The van der Waals surface area contributed by atoms with E-state index in [0.29, 0.717) is 19.3 Å². The van der Waals surface area contributed by atoms with E-state index in [1.165, 1.54) is 16.8 Å². The minimum absolute atomic E-state index is 0.459. The number of aromatic nitrogens is 2. The lowest BCUT2D eigenvalue weighted by Crippen LogP contribution is -2.34. The van der Waals surface area contributed by atoms with Gasteiger partial charge in [0.25, 0.3) is 0 Å². The maximum Gasteiger partial charge on any atom is 0.161 e. The Morgan fingerprint density at radius 3 is 2.76 bits per heavy atom. The molecule has 1 aromatic carbocycles. The SMILES string of the molecule is CCOc1ccc(CNC2CCc3nc(C)ncc3C2)cc1OCC. The Morgan fingerprint density at radius 1 is 1.16 bits per heavy atom. The van der Waals surface area contributed by atoms with Crippen molar-refractivity contribution in [1.82, 2.24) is 15.3 Å². The van der Waals surface area contributed by atoms with Gasteiger partial charge in [-0.15, -0.1) is 0 Å². The summed E-state index contributed by atoms with van der Waals surface area (Å²) in [5.41, 5.74) is 3.69. The second-order valence-electron chi connectivity index (χ2n) is 6.36. The van der Waals surface area contributed by atoms with Gasteiger partial charge in [-0.05, 0) is 63.3 Å². The molecule has 134 valence electrons. The highest BCUT2D eigenvalue weighted by molar-refractivity contribution is 5.43. The standard InChI is InChI=1S/C20H27N3O2/c1-4-24-19-9-6-15(10-20(19)25-5-2)12-22-17-7-8-18-16(11-17)13-21-14(3)23-18/h6,9-10,13,17,22H,4-5,7-8,11-12H2,1-3H3. The zero-order valence-corrected chi connectivity index (χ0v) is 15.3. The molecule has 0 amide bonds. The number of nitrogens with zero attached hydrogens (tertiary/aromatic N) is 2. The lowest BCUT2D eigenvalue weighted by Gasteiger charge is -2.25. The Kier molecular flexibility index (Phi) is 5.87. The van der Waals surface area contributed by atoms with Gasteiger partial charge in [0, 0.05) is 24.5 Å². The smallest absolute Gasteiger partial charge is 0.161 e. The number of ether oxygens (including phenoxy) is 2. The summed E-state index contributed by atoms with van der Waals surface area (Å²) in [6, 6.07) is 6.63. The summed E-state index contributed by atoms with van der Waals surface area (Å²) >= 11 is 0. The van der Waals surface area contributed by atoms with Crippen LogP contribution in [0.4, 0.5) is 0 Å². The number of rotatable bonds is 7. The first-order chi connectivity index (χ1) is 12.2. The van der Waals surface area contributed by atoms with E-state index in [9.17, 15) is 0 Å². The van der Waals surface area contributed by atoms with Crippen LogP contribution in [-0.4, -0.2) is 29.2 Å². The molecule has 1 N–H and O–H groups in total. The summed E-state index contributed by atoms with van der Waals surface area (Å²) in [6.45, 7) is 8.02. The Hall–Kier alpha value is -2.14. The molecule has 5 heteroatoms. The molecule has 3 rings (SSSR count). The van der Waals surface area contributed by atoms with Gasteiger partial charge in [-0.2, -0.15) is 0 Å². The van der Waals surface area contributed by atoms with Crippen LogP contribution in [0.15, 0.2) is 24.4 Å². The Morgan fingerprint density at radius 2 is 1.96 bits per heavy atom. The first-order valence-corrected chi connectivity index (χ1v) is 9.12. The van der Waals surface area contributed by atoms with E-state index in [4.69, 9.17) is 9.47 Å². The maximum absolute atomic E-state index is 5.71. The monoisotopic (exact) mass is 341 g/mol. The quantitative estimate of drug-likeness (QED) is 0.838. The van der Waals surface area contributed by atoms with Crippen LogP contribution in [0.1, 0.15) is 42.9 Å². The predicted octanol–water partition coefficient (Wildman–Crippen LogP) is 3.23. The highest BCUT2D eigenvalue weighted by atomic mass is 16.5. The number of hydrogen-bond acceptors (Lipinski definition) is 5. The molecule has 0 radical (unpaired) electrons. The fraction of sp³-hybridized carbons (Fsp3) is 0.500. The van der Waals surface area contributed by atoms with Gasteiger partial charge in [-0.25, -0.2) is 9.97 Å². The maximum atomic E-state index is 5.71. The molecule has 1 aliphatic carbocycles. The summed E-state index contributed by atoms with van der Waals surface area (Å²) in [5, 5.41) is 3.66. The van der Waals surface area contributed by atoms with Crippen LogP contribution in [0, 0.1) is 6.92 Å². The van der Waals surface area contributed by atoms with Crippen molar-refractivity contribution in [2.75, 3.05) is 13.2 Å². The van der Waals surface area contributed by atoms with Crippen molar-refractivity contribution in [3.63, 3.8) is 0 Å². The molecule has 2 aromatic rings. The molecule has 1 aliphatic rings. The number of benzene rings is 1. The lowest BCUT2D eigenvalue weighted by atomic mass is 9.92. The normalized spacial score (nSPS) is 16.4. The van der Waals surface area contributed by atoms with E-state index in [1.807, 2.05) is 33.0 Å². The van der Waals surface area contributed by atoms with Crippen LogP contribution in [0.3, 0.4) is 0 Å². The minimum Gasteiger partial charge on any atom is -0.490 e. The van der Waals surface area contributed by atoms with Gasteiger partial charge in [0.15, 0.2) is 11.5 Å².